The first-order chi connectivity index (χ1) is 12.9. The van der Waals surface area contributed by atoms with Crippen molar-refractivity contribution >= 4 is 11.9 Å². The Kier molecular flexibility index (Phi) is 8.83. The molecule has 0 spiro atoms. The molecule has 2 heterocycles. The van der Waals surface area contributed by atoms with Gasteiger partial charge in [-0.3, -0.25) is 14.7 Å². The fourth-order valence-electron chi connectivity index (χ4n) is 3.57. The summed E-state index contributed by atoms with van der Waals surface area (Å²) in [5.74, 6) is 1.30. The van der Waals surface area contributed by atoms with Gasteiger partial charge in [0.15, 0.2) is 5.96 Å². The molecule has 7 nitrogen and oxygen atoms in total. The smallest absolute Gasteiger partial charge is 0.236 e. The van der Waals surface area contributed by atoms with Crippen LogP contribution in [0, 0.1) is 0 Å². The Labute approximate surface area is 165 Å². The Morgan fingerprint density at radius 3 is 2.22 bits per heavy atom. The third-order valence-electron chi connectivity index (χ3n) is 5.10. The molecule has 0 aromatic heterocycles. The molecule has 156 valence electrons. The van der Waals surface area contributed by atoms with Crippen LogP contribution in [0.3, 0.4) is 0 Å². The van der Waals surface area contributed by atoms with Crippen LogP contribution in [-0.2, 0) is 4.79 Å². The van der Waals surface area contributed by atoms with Crippen LogP contribution in [0.25, 0.3) is 0 Å². The van der Waals surface area contributed by atoms with E-state index in [4.69, 9.17) is 4.99 Å². The predicted octanol–water partition coefficient (Wildman–Crippen LogP) is 0.970. The number of hydrogen-bond donors (Lipinski definition) is 2. The largest absolute Gasteiger partial charge is 0.357 e. The van der Waals surface area contributed by atoms with E-state index < -0.39 is 0 Å². The van der Waals surface area contributed by atoms with E-state index in [9.17, 15) is 4.79 Å². The van der Waals surface area contributed by atoms with Crippen molar-refractivity contribution in [3.8, 4) is 0 Å². The van der Waals surface area contributed by atoms with E-state index in [0.717, 1.165) is 77.7 Å². The number of nitrogens with one attached hydrogen (secondary N) is 2. The third kappa shape index (κ3) is 8.05. The fourth-order valence-corrected chi connectivity index (χ4v) is 3.57. The third-order valence-corrected chi connectivity index (χ3v) is 5.10. The summed E-state index contributed by atoms with van der Waals surface area (Å²) in [7, 11) is 0. The Balaban J connectivity index is 1.76. The van der Waals surface area contributed by atoms with Gasteiger partial charge in [0.25, 0.3) is 0 Å². The van der Waals surface area contributed by atoms with Crippen molar-refractivity contribution in [3.63, 3.8) is 0 Å². The highest BCUT2D eigenvalue weighted by molar-refractivity contribution is 5.80. The van der Waals surface area contributed by atoms with Gasteiger partial charge in [-0.15, -0.1) is 0 Å². The van der Waals surface area contributed by atoms with E-state index in [1.165, 1.54) is 6.42 Å². The molecule has 0 radical (unpaired) electrons. The van der Waals surface area contributed by atoms with Gasteiger partial charge in [-0.1, -0.05) is 0 Å². The zero-order valence-electron chi connectivity index (χ0n) is 17.9. The van der Waals surface area contributed by atoms with Crippen molar-refractivity contribution in [1.29, 1.82) is 0 Å². The monoisotopic (exact) mass is 380 g/mol. The molecule has 1 amide bonds. The molecular weight excluding hydrogens is 340 g/mol. The van der Waals surface area contributed by atoms with Gasteiger partial charge in [0, 0.05) is 57.9 Å². The number of piperidine rings is 1. The Morgan fingerprint density at radius 2 is 1.63 bits per heavy atom. The minimum atomic E-state index is 0.125. The molecule has 2 N–H and O–H groups in total. The second-order valence-electron chi connectivity index (χ2n) is 8.62. The lowest BCUT2D eigenvalue weighted by molar-refractivity contribution is -0.133. The fraction of sp³-hybridized carbons (Fsp3) is 0.900. The van der Waals surface area contributed by atoms with E-state index in [1.807, 2.05) is 4.90 Å². The first-order valence-corrected chi connectivity index (χ1v) is 10.7. The summed E-state index contributed by atoms with van der Waals surface area (Å²) in [5, 5.41) is 6.89. The van der Waals surface area contributed by atoms with E-state index in [2.05, 4.69) is 48.1 Å². The Hall–Kier alpha value is -1.34. The van der Waals surface area contributed by atoms with Gasteiger partial charge in [-0.05, 0) is 47.0 Å². The summed E-state index contributed by atoms with van der Waals surface area (Å²) in [6, 6.07) is 0. The molecule has 7 heteroatoms. The van der Waals surface area contributed by atoms with E-state index in [-0.39, 0.29) is 5.54 Å². The normalized spacial score (nSPS) is 20.1. The van der Waals surface area contributed by atoms with Crippen molar-refractivity contribution in [2.75, 3.05) is 65.4 Å². The van der Waals surface area contributed by atoms with Crippen molar-refractivity contribution in [2.45, 2.75) is 52.5 Å². The van der Waals surface area contributed by atoms with Crippen LogP contribution < -0.4 is 10.6 Å². The number of hydrogen-bond acceptors (Lipinski definition) is 4. The van der Waals surface area contributed by atoms with Gasteiger partial charge >= 0.3 is 0 Å². The van der Waals surface area contributed by atoms with Gasteiger partial charge in [0.05, 0.1) is 13.1 Å². The number of guanidine groups is 1. The van der Waals surface area contributed by atoms with Crippen LogP contribution in [0.2, 0.25) is 0 Å². The summed E-state index contributed by atoms with van der Waals surface area (Å²) >= 11 is 0. The molecule has 0 aromatic carbocycles. The number of piperazine rings is 1. The zero-order valence-corrected chi connectivity index (χ0v) is 17.9. The maximum Gasteiger partial charge on any atom is 0.236 e. The van der Waals surface area contributed by atoms with E-state index >= 15 is 0 Å². The van der Waals surface area contributed by atoms with Crippen molar-refractivity contribution in [2.24, 2.45) is 4.99 Å². The molecule has 2 aliphatic heterocycles. The van der Waals surface area contributed by atoms with E-state index in [0.29, 0.717) is 12.5 Å². The molecular formula is C20H40N6O. The standard InChI is InChI=1S/C20H40N6O/c1-5-21-19(22-9-10-23-20(2,3)4)26-15-13-24(14-16-26)17-18(27)25-11-7-6-8-12-25/h23H,5-17H2,1-4H3,(H,21,22). The molecule has 0 aromatic rings. The van der Waals surface area contributed by atoms with Gasteiger partial charge in [-0.25, -0.2) is 0 Å². The van der Waals surface area contributed by atoms with Crippen molar-refractivity contribution < 1.29 is 4.79 Å². The summed E-state index contributed by atoms with van der Waals surface area (Å²) in [6.45, 7) is 17.3. The lowest BCUT2D eigenvalue weighted by Crippen LogP contribution is -2.54. The molecule has 0 aliphatic carbocycles. The molecule has 0 bridgehead atoms. The molecule has 2 fully saturated rings. The average molecular weight is 381 g/mol. The Bertz CT molecular complexity index is 473. The predicted molar refractivity (Wildman–Crippen MR) is 112 cm³/mol. The Morgan fingerprint density at radius 1 is 0.963 bits per heavy atom. The molecule has 0 atom stereocenters. The number of aliphatic imine (C=N–C) groups is 1. The summed E-state index contributed by atoms with van der Waals surface area (Å²) in [4.78, 5) is 23.9. The maximum absolute atomic E-state index is 12.5. The van der Waals surface area contributed by atoms with Gasteiger partial charge in [-0.2, -0.15) is 0 Å². The van der Waals surface area contributed by atoms with Gasteiger partial charge in [0.1, 0.15) is 0 Å². The molecule has 0 saturated carbocycles. The molecule has 2 aliphatic rings. The molecule has 27 heavy (non-hydrogen) atoms. The van der Waals surface area contributed by atoms with E-state index in [1.54, 1.807) is 0 Å². The van der Waals surface area contributed by atoms with Crippen molar-refractivity contribution in [1.82, 2.24) is 25.3 Å². The highest BCUT2D eigenvalue weighted by atomic mass is 16.2. The molecule has 2 rings (SSSR count). The average Bonchev–Trinajstić information content (AvgIpc) is 2.65. The highest BCUT2D eigenvalue weighted by Gasteiger charge is 2.24. The number of carbonyl (C=O) groups excluding carboxylic acids is 1. The van der Waals surface area contributed by atoms with Crippen molar-refractivity contribution in [3.05, 3.63) is 0 Å². The summed E-state index contributed by atoms with van der Waals surface area (Å²) in [5.41, 5.74) is 0.125. The van der Waals surface area contributed by atoms with Crippen LogP contribution in [0.4, 0.5) is 0 Å². The van der Waals surface area contributed by atoms with Crippen LogP contribution in [0.1, 0.15) is 47.0 Å². The number of amides is 1. The number of carbonyl (C=O) groups is 1. The van der Waals surface area contributed by atoms with Crippen LogP contribution in [-0.4, -0.2) is 97.6 Å². The number of rotatable bonds is 6. The second kappa shape index (κ2) is 10.9. The second-order valence-corrected chi connectivity index (χ2v) is 8.62. The molecule has 0 unspecified atom stereocenters. The van der Waals surface area contributed by atoms with Crippen LogP contribution in [0.5, 0.6) is 0 Å². The summed E-state index contributed by atoms with van der Waals surface area (Å²) < 4.78 is 0. The first-order valence-electron chi connectivity index (χ1n) is 10.7. The lowest BCUT2D eigenvalue weighted by Gasteiger charge is -2.37. The summed E-state index contributed by atoms with van der Waals surface area (Å²) in [6.07, 6.45) is 3.58. The quantitative estimate of drug-likeness (QED) is 0.408. The van der Waals surface area contributed by atoms with Crippen LogP contribution in [0.15, 0.2) is 4.99 Å². The SMILES string of the molecule is CCNC(=NCCNC(C)(C)C)N1CCN(CC(=O)N2CCCCC2)CC1. The molecule has 2 saturated heterocycles. The maximum atomic E-state index is 12.5. The minimum absolute atomic E-state index is 0.125. The first kappa shape index (κ1) is 22.0. The topological polar surface area (TPSA) is 63.2 Å². The van der Waals surface area contributed by atoms with Crippen LogP contribution >= 0.6 is 0 Å². The number of likely N-dealkylation sites (tertiary alicyclic amines) is 1. The number of nitrogens with zero attached hydrogens (tertiary/aromatic N) is 4. The lowest BCUT2D eigenvalue weighted by atomic mass is 10.1. The minimum Gasteiger partial charge on any atom is -0.357 e. The highest BCUT2D eigenvalue weighted by Crippen LogP contribution is 2.10. The van der Waals surface area contributed by atoms with Gasteiger partial charge < -0.3 is 20.4 Å². The van der Waals surface area contributed by atoms with Gasteiger partial charge in [0.2, 0.25) is 5.91 Å². The zero-order chi connectivity index (χ0) is 19.7.